The van der Waals surface area contributed by atoms with Gasteiger partial charge in [0.25, 0.3) is 0 Å². The van der Waals surface area contributed by atoms with E-state index in [2.05, 4.69) is 20.7 Å². The summed E-state index contributed by atoms with van der Waals surface area (Å²) >= 11 is 3.39. The summed E-state index contributed by atoms with van der Waals surface area (Å²) in [5.74, 6) is 0. The van der Waals surface area contributed by atoms with Crippen LogP contribution in [-0.2, 0) is 10.0 Å². The van der Waals surface area contributed by atoms with Gasteiger partial charge in [-0.2, -0.15) is 0 Å². The van der Waals surface area contributed by atoms with Gasteiger partial charge in [0.05, 0.1) is 4.90 Å². The van der Waals surface area contributed by atoms with E-state index in [-0.39, 0.29) is 11.5 Å². The van der Waals surface area contributed by atoms with Crippen LogP contribution in [0.4, 0.5) is 0 Å². The second kappa shape index (κ2) is 6.37. The van der Waals surface area contributed by atoms with Gasteiger partial charge in [0.15, 0.2) is 0 Å². The average Bonchev–Trinajstić information content (AvgIpc) is 2.27. The number of benzene rings is 1. The number of rotatable bonds is 5. The van der Waals surface area contributed by atoms with Crippen molar-refractivity contribution >= 4 is 26.0 Å². The van der Waals surface area contributed by atoms with Crippen molar-refractivity contribution < 1.29 is 8.42 Å². The fourth-order valence-corrected chi connectivity index (χ4v) is 4.07. The molecule has 5 heteroatoms. The predicted molar refractivity (Wildman–Crippen MR) is 83.2 cm³/mol. The summed E-state index contributed by atoms with van der Waals surface area (Å²) in [5, 5.41) is 0.769. The third-order valence-corrected chi connectivity index (χ3v) is 5.21. The quantitative estimate of drug-likeness (QED) is 0.828. The molecule has 1 aromatic carbocycles. The maximum atomic E-state index is 12.5. The highest BCUT2D eigenvalue weighted by Crippen LogP contribution is 2.25. The van der Waals surface area contributed by atoms with Gasteiger partial charge in [0, 0.05) is 11.4 Å². The Balaban J connectivity index is 3.05. The summed E-state index contributed by atoms with van der Waals surface area (Å²) in [6.45, 7) is 7.94. The Morgan fingerprint density at radius 1 is 1.26 bits per heavy atom. The van der Waals surface area contributed by atoms with Gasteiger partial charge in [0.2, 0.25) is 10.0 Å². The molecule has 0 spiro atoms. The highest BCUT2D eigenvalue weighted by atomic mass is 79.9. The molecule has 1 aromatic rings. The van der Waals surface area contributed by atoms with Crippen molar-refractivity contribution in [3.63, 3.8) is 0 Å². The molecule has 0 aromatic heterocycles. The molecule has 0 amide bonds. The van der Waals surface area contributed by atoms with Gasteiger partial charge in [0.1, 0.15) is 0 Å². The van der Waals surface area contributed by atoms with Crippen molar-refractivity contribution in [3.8, 4) is 0 Å². The van der Waals surface area contributed by atoms with Gasteiger partial charge < -0.3 is 0 Å². The number of halogens is 1. The first-order chi connectivity index (χ1) is 8.68. The molecule has 0 saturated heterocycles. The van der Waals surface area contributed by atoms with Gasteiger partial charge in [-0.1, -0.05) is 54.9 Å². The summed E-state index contributed by atoms with van der Waals surface area (Å²) in [6.07, 6.45) is 0.759. The molecule has 0 fully saturated rings. The number of hydrogen-bond donors (Lipinski definition) is 1. The zero-order valence-electron chi connectivity index (χ0n) is 11.9. The lowest BCUT2D eigenvalue weighted by Crippen LogP contribution is -2.44. The zero-order valence-corrected chi connectivity index (χ0v) is 14.3. The Morgan fingerprint density at radius 3 is 2.32 bits per heavy atom. The summed E-state index contributed by atoms with van der Waals surface area (Å²) in [5.41, 5.74) is 0.644. The number of aryl methyl sites for hydroxylation is 1. The molecule has 0 heterocycles. The molecule has 3 nitrogen and oxygen atoms in total. The number of hydrogen-bond acceptors (Lipinski definition) is 2. The summed E-state index contributed by atoms with van der Waals surface area (Å²) in [4.78, 5) is 0.360. The first-order valence-corrected chi connectivity index (χ1v) is 8.93. The normalized spacial score (nSPS) is 14.4. The minimum Gasteiger partial charge on any atom is -0.208 e. The smallest absolute Gasteiger partial charge is 0.208 e. The van der Waals surface area contributed by atoms with Crippen LogP contribution in [0.2, 0.25) is 0 Å². The van der Waals surface area contributed by atoms with Gasteiger partial charge in [-0.15, -0.1) is 0 Å². The van der Waals surface area contributed by atoms with Crippen molar-refractivity contribution in [1.29, 1.82) is 0 Å². The van der Waals surface area contributed by atoms with Crippen LogP contribution in [0.3, 0.4) is 0 Å². The maximum Gasteiger partial charge on any atom is 0.241 e. The summed E-state index contributed by atoms with van der Waals surface area (Å²) in [6, 6.07) is 6.94. The lowest BCUT2D eigenvalue weighted by molar-refractivity contribution is 0.293. The van der Waals surface area contributed by atoms with Gasteiger partial charge in [-0.3, -0.25) is 0 Å². The van der Waals surface area contributed by atoms with E-state index >= 15 is 0 Å². The summed E-state index contributed by atoms with van der Waals surface area (Å²) < 4.78 is 27.8. The van der Waals surface area contributed by atoms with E-state index in [1.54, 1.807) is 12.1 Å². The topological polar surface area (TPSA) is 46.2 Å². The second-order valence-corrected chi connectivity index (χ2v) is 8.26. The lowest BCUT2D eigenvalue weighted by Gasteiger charge is -2.31. The van der Waals surface area contributed by atoms with Crippen LogP contribution in [0.1, 0.15) is 32.8 Å². The lowest BCUT2D eigenvalue weighted by atomic mass is 9.86. The molecular formula is C14H22BrNO2S. The van der Waals surface area contributed by atoms with E-state index < -0.39 is 10.0 Å². The van der Waals surface area contributed by atoms with E-state index in [0.717, 1.165) is 17.3 Å². The molecule has 1 N–H and O–H groups in total. The van der Waals surface area contributed by atoms with Crippen molar-refractivity contribution in [2.24, 2.45) is 5.41 Å². The van der Waals surface area contributed by atoms with E-state index in [1.165, 1.54) is 0 Å². The first kappa shape index (κ1) is 16.7. The third-order valence-electron chi connectivity index (χ3n) is 3.12. The third kappa shape index (κ3) is 4.58. The molecular weight excluding hydrogens is 326 g/mol. The minimum atomic E-state index is -3.47. The van der Waals surface area contributed by atoms with Crippen LogP contribution in [0.25, 0.3) is 0 Å². The fourth-order valence-electron chi connectivity index (χ4n) is 1.89. The van der Waals surface area contributed by atoms with Crippen LogP contribution in [-0.4, -0.2) is 19.8 Å². The monoisotopic (exact) mass is 347 g/mol. The van der Waals surface area contributed by atoms with Crippen molar-refractivity contribution in [2.75, 3.05) is 5.33 Å². The number of sulfonamides is 1. The molecule has 108 valence electrons. The van der Waals surface area contributed by atoms with Gasteiger partial charge in [-0.25, -0.2) is 13.1 Å². The van der Waals surface area contributed by atoms with E-state index in [0.29, 0.717) is 4.90 Å². The second-order valence-electron chi connectivity index (χ2n) is 5.78. The van der Waals surface area contributed by atoms with E-state index in [1.807, 2.05) is 39.8 Å². The van der Waals surface area contributed by atoms with Crippen molar-refractivity contribution in [1.82, 2.24) is 4.72 Å². The Kier molecular flexibility index (Phi) is 5.59. The van der Waals surface area contributed by atoms with E-state index in [9.17, 15) is 8.42 Å². The van der Waals surface area contributed by atoms with Crippen LogP contribution in [0.5, 0.6) is 0 Å². The molecule has 0 aliphatic heterocycles. The SMILES string of the molecule is Cc1ccccc1S(=O)(=O)NC(CCBr)C(C)(C)C. The van der Waals surface area contributed by atoms with Crippen molar-refractivity contribution in [2.45, 2.75) is 45.1 Å². The van der Waals surface area contributed by atoms with Crippen molar-refractivity contribution in [3.05, 3.63) is 29.8 Å². The van der Waals surface area contributed by atoms with Crippen LogP contribution < -0.4 is 4.72 Å². The molecule has 0 saturated carbocycles. The fraction of sp³-hybridized carbons (Fsp3) is 0.571. The minimum absolute atomic E-state index is 0.100. The number of alkyl halides is 1. The standard InChI is InChI=1S/C14H22BrNO2S/c1-11-7-5-6-8-12(11)19(17,18)16-13(9-10-15)14(2,3)4/h5-8,13,16H,9-10H2,1-4H3. The van der Waals surface area contributed by atoms with Gasteiger partial charge >= 0.3 is 0 Å². The molecule has 0 bridgehead atoms. The molecule has 1 rings (SSSR count). The molecule has 1 atom stereocenters. The summed E-state index contributed by atoms with van der Waals surface area (Å²) in [7, 11) is -3.47. The van der Waals surface area contributed by atoms with Gasteiger partial charge in [-0.05, 0) is 30.4 Å². The maximum absolute atomic E-state index is 12.5. The highest BCUT2D eigenvalue weighted by Gasteiger charge is 2.29. The molecule has 0 radical (unpaired) electrons. The molecule has 1 unspecified atom stereocenters. The van der Waals surface area contributed by atoms with Crippen LogP contribution >= 0.6 is 15.9 Å². The highest BCUT2D eigenvalue weighted by molar-refractivity contribution is 9.09. The largest absolute Gasteiger partial charge is 0.241 e. The molecule has 19 heavy (non-hydrogen) atoms. The number of nitrogens with one attached hydrogen (secondary N) is 1. The molecule has 0 aliphatic rings. The Morgan fingerprint density at radius 2 is 1.84 bits per heavy atom. The average molecular weight is 348 g/mol. The Bertz CT molecular complexity index is 520. The zero-order chi connectivity index (χ0) is 14.7. The Labute approximate surface area is 125 Å². The van der Waals surface area contributed by atoms with E-state index in [4.69, 9.17) is 0 Å². The Hall–Kier alpha value is -0.390. The first-order valence-electron chi connectivity index (χ1n) is 6.32. The predicted octanol–water partition coefficient (Wildman–Crippen LogP) is 3.47. The molecule has 0 aliphatic carbocycles. The van der Waals surface area contributed by atoms with Crippen LogP contribution in [0, 0.1) is 12.3 Å². The van der Waals surface area contributed by atoms with Crippen LogP contribution in [0.15, 0.2) is 29.2 Å².